The minimum Gasteiger partial charge on any atom is -0.465 e. The van der Waals surface area contributed by atoms with E-state index in [1.165, 1.54) is 17.8 Å². The lowest BCUT2D eigenvalue weighted by Crippen LogP contribution is -2.41. The van der Waals surface area contributed by atoms with Gasteiger partial charge in [0.25, 0.3) is 11.5 Å². The smallest absolute Gasteiger partial charge is 0.338 e. The van der Waals surface area contributed by atoms with Gasteiger partial charge in [-0.15, -0.1) is 6.58 Å². The summed E-state index contributed by atoms with van der Waals surface area (Å²) < 4.78 is 11.8. The molecule has 0 N–H and O–H groups in total. The van der Waals surface area contributed by atoms with Crippen molar-refractivity contribution in [2.75, 3.05) is 25.2 Å². The van der Waals surface area contributed by atoms with Crippen LogP contribution in [0.4, 0.5) is 5.69 Å². The van der Waals surface area contributed by atoms with Crippen LogP contribution in [0.3, 0.4) is 0 Å². The lowest BCUT2D eigenvalue weighted by Gasteiger charge is -2.24. The average molecular weight is 556 g/mol. The predicted octanol–water partition coefficient (Wildman–Crippen LogP) is 2.65. The van der Waals surface area contributed by atoms with Crippen molar-refractivity contribution in [1.29, 1.82) is 0 Å². The molecule has 0 fully saturated rings. The van der Waals surface area contributed by atoms with Crippen LogP contribution in [0.5, 0.6) is 0 Å². The Bertz CT molecular complexity index is 1800. The van der Waals surface area contributed by atoms with Crippen molar-refractivity contribution in [3.05, 3.63) is 121 Å². The highest BCUT2D eigenvalue weighted by molar-refractivity contribution is 7.07. The van der Waals surface area contributed by atoms with Crippen molar-refractivity contribution >= 4 is 40.4 Å². The van der Waals surface area contributed by atoms with Crippen molar-refractivity contribution in [3.8, 4) is 0 Å². The molecule has 0 aliphatic carbocycles. The quantitative estimate of drug-likeness (QED) is 0.328. The molecule has 0 bridgehead atoms. The van der Waals surface area contributed by atoms with Crippen molar-refractivity contribution in [3.63, 3.8) is 0 Å². The Morgan fingerprint density at radius 2 is 1.77 bits per heavy atom. The predicted molar refractivity (Wildman–Crippen MR) is 151 cm³/mol. The Kier molecular flexibility index (Phi) is 7.19. The first-order valence-electron chi connectivity index (χ1n) is 12.4. The molecule has 2 aromatic carbocycles. The number of methoxy groups -OCH3 is 1. The van der Waals surface area contributed by atoms with Gasteiger partial charge in [-0.3, -0.25) is 14.2 Å². The average Bonchev–Trinajstić information content (AvgIpc) is 3.43. The second kappa shape index (κ2) is 10.7. The summed E-state index contributed by atoms with van der Waals surface area (Å²) in [6, 6.07) is 12.8. The molecular weight excluding hydrogens is 530 g/mol. The van der Waals surface area contributed by atoms with E-state index in [-0.39, 0.29) is 34.7 Å². The van der Waals surface area contributed by atoms with E-state index in [1.54, 1.807) is 48.2 Å². The third-order valence-corrected chi connectivity index (χ3v) is 7.71. The molecule has 3 heterocycles. The summed E-state index contributed by atoms with van der Waals surface area (Å²) in [6.07, 6.45) is 3.07. The molecule has 1 aromatic heterocycles. The minimum absolute atomic E-state index is 0.0252. The third kappa shape index (κ3) is 4.32. The van der Waals surface area contributed by atoms with Crippen molar-refractivity contribution in [2.24, 2.45) is 4.99 Å². The zero-order chi connectivity index (χ0) is 28.6. The number of para-hydroxylation sites is 1. The molecule has 2 aliphatic rings. The molecule has 0 saturated heterocycles. The fraction of sp³-hybridized carbons (Fsp3) is 0.167. The van der Waals surface area contributed by atoms with Gasteiger partial charge in [-0.25, -0.2) is 14.6 Å². The van der Waals surface area contributed by atoms with Gasteiger partial charge in [0.15, 0.2) is 4.80 Å². The first kappa shape index (κ1) is 26.8. The minimum atomic E-state index is -0.911. The molecule has 5 rings (SSSR count). The number of fused-ring (bicyclic) bond motifs is 2. The Morgan fingerprint density at radius 1 is 1.05 bits per heavy atom. The van der Waals surface area contributed by atoms with Crippen molar-refractivity contribution in [2.45, 2.75) is 13.0 Å². The van der Waals surface area contributed by atoms with E-state index < -0.39 is 23.5 Å². The zero-order valence-corrected chi connectivity index (χ0v) is 22.7. The molecule has 2 aliphatic heterocycles. The van der Waals surface area contributed by atoms with Crippen LogP contribution < -0.4 is 19.8 Å². The second-order valence-electron chi connectivity index (χ2n) is 9.00. The Morgan fingerprint density at radius 3 is 2.45 bits per heavy atom. The van der Waals surface area contributed by atoms with Gasteiger partial charge in [-0.1, -0.05) is 60.4 Å². The SMILES string of the molecule is C=CCOC(=O)C1=C(C)N=c2sc(=C3C(=O)N(CC=C)c4ccccc43)c(=O)n2C1c1ccc(C(=O)OC)cc1. The number of carbonyl (C=O) groups is 3. The Labute approximate surface area is 233 Å². The summed E-state index contributed by atoms with van der Waals surface area (Å²) in [5.41, 5.74) is 2.55. The summed E-state index contributed by atoms with van der Waals surface area (Å²) in [5.74, 6) is -1.48. The molecule has 9 nitrogen and oxygen atoms in total. The fourth-order valence-corrected chi connectivity index (χ4v) is 6.03. The van der Waals surface area contributed by atoms with Crippen LogP contribution in [0.25, 0.3) is 5.57 Å². The molecule has 0 radical (unpaired) electrons. The van der Waals surface area contributed by atoms with E-state index >= 15 is 0 Å². The number of allylic oxidation sites excluding steroid dienone is 1. The molecule has 1 atom stereocenters. The molecule has 1 amide bonds. The molecule has 10 heteroatoms. The number of benzene rings is 2. The van der Waals surface area contributed by atoms with E-state index in [0.29, 0.717) is 32.9 Å². The summed E-state index contributed by atoms with van der Waals surface area (Å²) in [4.78, 5) is 59.5. The number of thiazole rings is 1. The van der Waals surface area contributed by atoms with Gasteiger partial charge in [0, 0.05) is 12.1 Å². The number of nitrogens with zero attached hydrogens (tertiary/aromatic N) is 3. The standard InChI is InChI=1S/C30H25N3O6S/c1-5-15-32-21-10-8-7-9-20(21)23(26(32)34)25-27(35)33-24(18-11-13-19(14-12-18)28(36)38-4)22(29(37)39-16-6-2)17(3)31-30(33)40-25/h5-14,24H,1-2,15-16H2,3-4H3. The van der Waals surface area contributed by atoms with Crippen molar-refractivity contribution in [1.82, 2.24) is 4.57 Å². The van der Waals surface area contributed by atoms with E-state index in [0.717, 1.165) is 11.3 Å². The molecule has 202 valence electrons. The molecule has 1 unspecified atom stereocenters. The lowest BCUT2D eigenvalue weighted by atomic mass is 9.95. The molecule has 0 saturated carbocycles. The zero-order valence-electron chi connectivity index (χ0n) is 21.9. The highest BCUT2D eigenvalue weighted by atomic mass is 32.1. The monoisotopic (exact) mass is 555 g/mol. The number of rotatable bonds is 7. The number of hydrogen-bond donors (Lipinski definition) is 0. The molecule has 3 aromatic rings. The number of hydrogen-bond acceptors (Lipinski definition) is 8. The summed E-state index contributed by atoms with van der Waals surface area (Å²) >= 11 is 1.09. The van der Waals surface area contributed by atoms with Gasteiger partial charge in [-0.2, -0.15) is 0 Å². The highest BCUT2D eigenvalue weighted by Gasteiger charge is 2.37. The number of carbonyl (C=O) groups excluding carboxylic acids is 3. The number of amides is 1. The maximum absolute atomic E-state index is 14.2. The van der Waals surface area contributed by atoms with Gasteiger partial charge >= 0.3 is 11.9 Å². The fourth-order valence-electron chi connectivity index (χ4n) is 4.89. The normalized spacial score (nSPS) is 17.1. The number of ether oxygens (including phenoxy) is 2. The van der Waals surface area contributed by atoms with E-state index in [1.807, 2.05) is 18.2 Å². The first-order valence-corrected chi connectivity index (χ1v) is 13.2. The summed E-state index contributed by atoms with van der Waals surface area (Å²) in [7, 11) is 1.29. The number of anilines is 1. The van der Waals surface area contributed by atoms with E-state index in [9.17, 15) is 19.2 Å². The molecular formula is C30H25N3O6S. The highest BCUT2D eigenvalue weighted by Crippen LogP contribution is 2.35. The van der Waals surface area contributed by atoms with E-state index in [4.69, 9.17) is 9.47 Å². The number of esters is 2. The summed E-state index contributed by atoms with van der Waals surface area (Å²) in [5, 5.41) is 0. The van der Waals surface area contributed by atoms with Crippen LogP contribution in [-0.4, -0.2) is 42.7 Å². The summed E-state index contributed by atoms with van der Waals surface area (Å²) in [6.45, 7) is 9.27. The van der Waals surface area contributed by atoms with Crippen LogP contribution in [0, 0.1) is 0 Å². The van der Waals surface area contributed by atoms with Crippen LogP contribution in [0.15, 0.2) is 94.9 Å². The lowest BCUT2D eigenvalue weighted by molar-refractivity contribution is -0.138. The van der Waals surface area contributed by atoms with Gasteiger partial charge < -0.3 is 14.4 Å². The maximum Gasteiger partial charge on any atom is 0.338 e. The Balaban J connectivity index is 1.77. The van der Waals surface area contributed by atoms with Gasteiger partial charge in [0.2, 0.25) is 0 Å². The van der Waals surface area contributed by atoms with Gasteiger partial charge in [0.05, 0.1) is 41.2 Å². The maximum atomic E-state index is 14.2. The largest absolute Gasteiger partial charge is 0.465 e. The van der Waals surface area contributed by atoms with Gasteiger partial charge in [-0.05, 0) is 30.7 Å². The van der Waals surface area contributed by atoms with E-state index in [2.05, 4.69) is 18.2 Å². The number of aromatic nitrogens is 1. The molecule has 0 spiro atoms. The first-order chi connectivity index (χ1) is 19.3. The Hall–Kier alpha value is -4.83. The second-order valence-corrected chi connectivity index (χ2v) is 9.98. The third-order valence-electron chi connectivity index (χ3n) is 6.66. The van der Waals surface area contributed by atoms with Crippen LogP contribution in [0.1, 0.15) is 34.5 Å². The van der Waals surface area contributed by atoms with Crippen LogP contribution in [0.2, 0.25) is 0 Å². The topological polar surface area (TPSA) is 107 Å². The molecule has 40 heavy (non-hydrogen) atoms. The van der Waals surface area contributed by atoms with Crippen LogP contribution >= 0.6 is 11.3 Å². The van der Waals surface area contributed by atoms with Gasteiger partial charge in [0.1, 0.15) is 11.1 Å². The van der Waals surface area contributed by atoms with Crippen molar-refractivity contribution < 1.29 is 23.9 Å². The van der Waals surface area contributed by atoms with Crippen LogP contribution in [-0.2, 0) is 19.1 Å².